The highest BCUT2D eigenvalue weighted by Gasteiger charge is 2.38. The Hall–Kier alpha value is -2.63. The monoisotopic (exact) mass is 576 g/mol. The van der Waals surface area contributed by atoms with Gasteiger partial charge in [0.05, 0.1) is 24.7 Å². The van der Waals surface area contributed by atoms with E-state index in [9.17, 15) is 9.36 Å². The van der Waals surface area contributed by atoms with Crippen LogP contribution in [0.15, 0.2) is 53.0 Å². The largest absolute Gasteiger partial charge is 0.321 e. The van der Waals surface area contributed by atoms with Crippen molar-refractivity contribution in [1.82, 2.24) is 14.5 Å². The summed E-state index contributed by atoms with van der Waals surface area (Å²) in [6.45, 7) is 6.87. The van der Waals surface area contributed by atoms with E-state index in [2.05, 4.69) is 37.5 Å². The van der Waals surface area contributed by atoms with E-state index in [1.807, 2.05) is 42.8 Å². The number of anilines is 2. The molecule has 35 heavy (non-hydrogen) atoms. The first-order valence-electron chi connectivity index (χ1n) is 11.1. The highest BCUT2D eigenvalue weighted by atomic mass is 79.9. The molecule has 0 spiro atoms. The van der Waals surface area contributed by atoms with Crippen LogP contribution in [0.2, 0.25) is 5.02 Å². The first kappa shape index (κ1) is 27.0. The van der Waals surface area contributed by atoms with Crippen LogP contribution in [-0.2, 0) is 11.1 Å². The van der Waals surface area contributed by atoms with Gasteiger partial charge >= 0.3 is 0 Å². The van der Waals surface area contributed by atoms with Gasteiger partial charge in [-0.1, -0.05) is 41.4 Å². The molecule has 184 valence electrons. The van der Waals surface area contributed by atoms with Crippen molar-refractivity contribution in [2.45, 2.75) is 33.7 Å². The minimum Gasteiger partial charge on any atom is -0.321 e. The number of hydrogen-bond acceptors (Lipinski definition) is 4. The number of hydrogen-bond donors (Lipinski definition) is 2. The Labute approximate surface area is 218 Å². The fourth-order valence-corrected chi connectivity index (χ4v) is 6.91. The molecule has 0 fully saturated rings. The van der Waals surface area contributed by atoms with Crippen LogP contribution in [0.5, 0.6) is 0 Å². The maximum absolute atomic E-state index is 14.8. The molecule has 8 nitrogen and oxygen atoms in total. The van der Waals surface area contributed by atoms with Gasteiger partial charge in [-0.15, -0.1) is 0 Å². The van der Waals surface area contributed by atoms with Gasteiger partial charge in [-0.05, 0) is 55.5 Å². The van der Waals surface area contributed by atoms with Crippen molar-refractivity contribution in [1.29, 1.82) is 5.26 Å². The first-order valence-corrected chi connectivity index (χ1v) is 14.0. The lowest BCUT2D eigenvalue weighted by atomic mass is 10.2. The summed E-state index contributed by atoms with van der Waals surface area (Å²) in [5, 5.41) is 20.8. The zero-order valence-electron chi connectivity index (χ0n) is 19.8. The smallest absolute Gasteiger partial charge is 0.272 e. The molecule has 1 aromatic heterocycles. The molecule has 3 rings (SSSR count). The lowest BCUT2D eigenvalue weighted by Crippen LogP contribution is -2.33. The van der Waals surface area contributed by atoms with Crippen molar-refractivity contribution in [3.05, 3.63) is 69.3 Å². The highest BCUT2D eigenvalue weighted by molar-refractivity contribution is 9.10. The lowest BCUT2D eigenvalue weighted by Gasteiger charge is -2.31. The average molecular weight is 578 g/mol. The Bertz CT molecular complexity index is 1270. The molecule has 0 bridgehead atoms. The van der Waals surface area contributed by atoms with E-state index in [1.165, 1.54) is 0 Å². The third-order valence-electron chi connectivity index (χ3n) is 5.43. The SMILES string of the molecule is CCN(CC)[P@@](=O)(Nc1ccc(Br)cc1)c1c(C)nn(CCC#N)c1NC(=O)c1ccc(Cl)cc1. The Morgan fingerprint density at radius 3 is 2.37 bits per heavy atom. The van der Waals surface area contributed by atoms with Gasteiger partial charge in [0, 0.05) is 33.8 Å². The van der Waals surface area contributed by atoms with Crippen molar-refractivity contribution in [3.8, 4) is 6.07 Å². The van der Waals surface area contributed by atoms with Gasteiger partial charge in [0.1, 0.15) is 11.1 Å². The summed E-state index contributed by atoms with van der Waals surface area (Å²) in [7, 11) is -3.50. The van der Waals surface area contributed by atoms with Gasteiger partial charge in [0.2, 0.25) is 0 Å². The van der Waals surface area contributed by atoms with E-state index in [0.29, 0.717) is 46.2 Å². The number of aromatic nitrogens is 2. The summed E-state index contributed by atoms with van der Waals surface area (Å²) in [5.41, 5.74) is 1.57. The van der Waals surface area contributed by atoms with Crippen LogP contribution < -0.4 is 15.7 Å². The molecule has 0 aliphatic rings. The Balaban J connectivity index is 2.15. The number of rotatable bonds is 10. The van der Waals surface area contributed by atoms with E-state index in [-0.39, 0.29) is 13.0 Å². The van der Waals surface area contributed by atoms with Gasteiger partial charge in [-0.25, -0.2) is 9.35 Å². The number of amides is 1. The second-order valence-corrected chi connectivity index (χ2v) is 11.4. The molecular formula is C24H27BrClN6O2P. The van der Waals surface area contributed by atoms with E-state index >= 15 is 0 Å². The third kappa shape index (κ3) is 6.14. The predicted molar refractivity (Wildman–Crippen MR) is 145 cm³/mol. The standard InChI is InChI=1S/C24H27BrClN6O2P/c1-4-31(5-2)35(34,30-21-13-9-19(25)10-14-21)22-17(3)29-32(16-6-15-27)23(22)28-24(33)18-7-11-20(26)12-8-18/h7-14H,4-6,16H2,1-3H3,(H,28,33)(H,30,34)/t35-/m0/s1. The summed E-state index contributed by atoms with van der Waals surface area (Å²) in [4.78, 5) is 13.2. The molecule has 2 N–H and O–H groups in total. The Morgan fingerprint density at radius 1 is 1.17 bits per heavy atom. The molecule has 0 saturated carbocycles. The van der Waals surface area contributed by atoms with Crippen molar-refractivity contribution in [3.63, 3.8) is 0 Å². The van der Waals surface area contributed by atoms with E-state index < -0.39 is 13.4 Å². The van der Waals surface area contributed by atoms with Crippen LogP contribution in [0.4, 0.5) is 11.5 Å². The summed E-state index contributed by atoms with van der Waals surface area (Å²) in [6.07, 6.45) is 0.181. The van der Waals surface area contributed by atoms with Crippen LogP contribution in [0, 0.1) is 18.3 Å². The van der Waals surface area contributed by atoms with Gasteiger partial charge in [-0.2, -0.15) is 10.4 Å². The highest BCUT2D eigenvalue weighted by Crippen LogP contribution is 2.51. The second kappa shape index (κ2) is 11.9. The van der Waals surface area contributed by atoms with E-state index in [1.54, 1.807) is 35.9 Å². The summed E-state index contributed by atoms with van der Waals surface area (Å²) < 4.78 is 19.1. The number of carbonyl (C=O) groups is 1. The fraction of sp³-hybridized carbons (Fsp3) is 0.292. The lowest BCUT2D eigenvalue weighted by molar-refractivity contribution is 0.102. The maximum Gasteiger partial charge on any atom is 0.272 e. The van der Waals surface area contributed by atoms with E-state index in [0.717, 1.165) is 4.47 Å². The molecule has 1 atom stereocenters. The number of nitrogens with one attached hydrogen (secondary N) is 2. The zero-order chi connectivity index (χ0) is 25.6. The molecule has 0 aliphatic heterocycles. The van der Waals surface area contributed by atoms with Gasteiger partial charge in [0.25, 0.3) is 13.4 Å². The zero-order valence-corrected chi connectivity index (χ0v) is 23.0. The third-order valence-corrected chi connectivity index (χ3v) is 9.27. The quantitative estimate of drug-likeness (QED) is 0.285. The van der Waals surface area contributed by atoms with Crippen molar-refractivity contribution < 1.29 is 9.36 Å². The fourth-order valence-electron chi connectivity index (χ4n) is 3.75. The topological polar surface area (TPSA) is 103 Å². The molecule has 11 heteroatoms. The van der Waals surface area contributed by atoms with Gasteiger partial charge in [-0.3, -0.25) is 9.36 Å². The summed E-state index contributed by atoms with van der Waals surface area (Å²) in [6, 6.07) is 16.0. The first-order chi connectivity index (χ1) is 16.7. The van der Waals surface area contributed by atoms with Crippen LogP contribution in [0.3, 0.4) is 0 Å². The van der Waals surface area contributed by atoms with Crippen LogP contribution in [0.25, 0.3) is 0 Å². The van der Waals surface area contributed by atoms with Crippen LogP contribution >= 0.6 is 35.0 Å². The number of carbonyl (C=O) groups excluding carboxylic acids is 1. The normalized spacial score (nSPS) is 12.7. The number of halogens is 2. The predicted octanol–water partition coefficient (Wildman–Crippen LogP) is 6.05. The molecule has 1 heterocycles. The number of aryl methyl sites for hydroxylation is 2. The second-order valence-electron chi connectivity index (χ2n) is 7.71. The molecule has 0 saturated heterocycles. The van der Waals surface area contributed by atoms with Crippen molar-refractivity contribution >= 4 is 57.7 Å². The van der Waals surface area contributed by atoms with Gasteiger partial charge in [0.15, 0.2) is 0 Å². The van der Waals surface area contributed by atoms with Crippen LogP contribution in [-0.4, -0.2) is 33.4 Å². The minimum absolute atomic E-state index is 0.181. The minimum atomic E-state index is -3.50. The molecular weight excluding hydrogens is 551 g/mol. The number of benzene rings is 2. The van der Waals surface area contributed by atoms with Gasteiger partial charge < -0.3 is 10.4 Å². The Morgan fingerprint density at radius 2 is 1.80 bits per heavy atom. The molecule has 0 unspecified atom stereocenters. The van der Waals surface area contributed by atoms with E-state index in [4.69, 9.17) is 16.9 Å². The van der Waals surface area contributed by atoms with Crippen molar-refractivity contribution in [2.75, 3.05) is 23.5 Å². The molecule has 0 aliphatic carbocycles. The summed E-state index contributed by atoms with van der Waals surface area (Å²) in [5.74, 6) is -0.0895. The maximum atomic E-state index is 14.8. The molecule has 2 aromatic carbocycles. The molecule has 1 amide bonds. The van der Waals surface area contributed by atoms with Crippen LogP contribution in [0.1, 0.15) is 36.3 Å². The number of nitriles is 1. The molecule has 3 aromatic rings. The molecule has 0 radical (unpaired) electrons. The number of nitrogens with zero attached hydrogens (tertiary/aromatic N) is 4. The Kier molecular flexibility index (Phi) is 9.15. The summed E-state index contributed by atoms with van der Waals surface area (Å²) >= 11 is 9.40. The van der Waals surface area contributed by atoms with Crippen molar-refractivity contribution in [2.24, 2.45) is 0 Å². The average Bonchev–Trinajstić information content (AvgIpc) is 3.15.